The van der Waals surface area contributed by atoms with Crippen LogP contribution in [0, 0.1) is 28.6 Å². The standard InChI is InChI=1S/C23H32O5/c1-12(24)23-19(28-23)10-17-15-9-18-22(27-18)11-14(26-13(2)25)5-7-20(22,3)16(15)6-8-21(17,23)4/h14-19H,5-11H2,1-4H3/t14-,15+,16-,17-,18+,19-,20+,21-,22-,23-/m0/s1. The van der Waals surface area contributed by atoms with Crippen molar-refractivity contribution in [1.29, 1.82) is 0 Å². The van der Waals surface area contributed by atoms with E-state index in [1.165, 1.54) is 6.92 Å². The fourth-order valence-electron chi connectivity index (χ4n) is 9.04. The van der Waals surface area contributed by atoms with Crippen molar-refractivity contribution in [2.24, 2.45) is 28.6 Å². The monoisotopic (exact) mass is 388 g/mol. The maximum atomic E-state index is 12.5. The van der Waals surface area contributed by atoms with Gasteiger partial charge in [0, 0.05) is 24.2 Å². The Bertz CT molecular complexity index is 779. The van der Waals surface area contributed by atoms with Crippen molar-refractivity contribution in [3.05, 3.63) is 0 Å². The van der Waals surface area contributed by atoms with Gasteiger partial charge >= 0.3 is 5.97 Å². The molecule has 0 unspecified atom stereocenters. The first-order chi connectivity index (χ1) is 13.2. The number of esters is 1. The van der Waals surface area contributed by atoms with Gasteiger partial charge in [0.1, 0.15) is 11.7 Å². The summed E-state index contributed by atoms with van der Waals surface area (Å²) in [5.41, 5.74) is -0.424. The smallest absolute Gasteiger partial charge is 0.302 e. The summed E-state index contributed by atoms with van der Waals surface area (Å²) in [6.45, 7) is 8.02. The Balaban J connectivity index is 1.31. The highest BCUT2D eigenvalue weighted by Gasteiger charge is 2.82. The van der Waals surface area contributed by atoms with Crippen LogP contribution in [0.15, 0.2) is 0 Å². The normalized spacial score (nSPS) is 60.4. The summed E-state index contributed by atoms with van der Waals surface area (Å²) in [4.78, 5) is 24.0. The van der Waals surface area contributed by atoms with Crippen LogP contribution in [0.25, 0.3) is 0 Å². The number of carbonyl (C=O) groups excluding carboxylic acids is 2. The van der Waals surface area contributed by atoms with Gasteiger partial charge in [-0.3, -0.25) is 9.59 Å². The molecule has 0 bridgehead atoms. The molecule has 5 nitrogen and oxygen atoms in total. The van der Waals surface area contributed by atoms with Gasteiger partial charge in [-0.25, -0.2) is 0 Å². The molecule has 0 aromatic rings. The molecule has 0 aromatic heterocycles. The first kappa shape index (κ1) is 17.9. The first-order valence-corrected chi connectivity index (χ1v) is 11.2. The van der Waals surface area contributed by atoms with Crippen LogP contribution < -0.4 is 0 Å². The van der Waals surface area contributed by atoms with E-state index in [-0.39, 0.29) is 40.4 Å². The number of carbonyl (C=O) groups is 2. The molecular weight excluding hydrogens is 356 g/mol. The van der Waals surface area contributed by atoms with Crippen molar-refractivity contribution in [1.82, 2.24) is 0 Å². The lowest BCUT2D eigenvalue weighted by Gasteiger charge is -2.59. The van der Waals surface area contributed by atoms with E-state index in [1.807, 2.05) is 0 Å². The summed E-state index contributed by atoms with van der Waals surface area (Å²) in [7, 11) is 0. The predicted molar refractivity (Wildman–Crippen MR) is 100 cm³/mol. The summed E-state index contributed by atoms with van der Waals surface area (Å²) >= 11 is 0. The molecule has 0 aromatic carbocycles. The number of rotatable bonds is 2. The quantitative estimate of drug-likeness (QED) is 0.535. The average Bonchev–Trinajstić information content (AvgIpc) is 3.48. The molecule has 6 rings (SSSR count). The van der Waals surface area contributed by atoms with Crippen molar-refractivity contribution < 1.29 is 23.8 Å². The number of Topliss-reactive ketones (excluding diaryl/α,β-unsaturated/α-hetero) is 1. The molecule has 0 N–H and O–H groups in total. The molecule has 154 valence electrons. The van der Waals surface area contributed by atoms with Gasteiger partial charge in [0.15, 0.2) is 11.4 Å². The van der Waals surface area contributed by atoms with Crippen molar-refractivity contribution >= 4 is 11.8 Å². The highest BCUT2D eigenvalue weighted by atomic mass is 16.6. The van der Waals surface area contributed by atoms with Crippen LogP contribution in [0.1, 0.15) is 72.6 Å². The molecule has 10 atom stereocenters. The van der Waals surface area contributed by atoms with Crippen LogP contribution in [-0.2, 0) is 23.8 Å². The van der Waals surface area contributed by atoms with Gasteiger partial charge in [0.05, 0.1) is 12.2 Å². The van der Waals surface area contributed by atoms with E-state index in [1.54, 1.807) is 6.92 Å². The summed E-state index contributed by atoms with van der Waals surface area (Å²) in [5, 5.41) is 0. The van der Waals surface area contributed by atoms with E-state index in [4.69, 9.17) is 14.2 Å². The highest BCUT2D eigenvalue weighted by Crippen LogP contribution is 2.77. The Morgan fingerprint density at radius 1 is 0.929 bits per heavy atom. The number of ketones is 1. The topological polar surface area (TPSA) is 68.4 Å². The average molecular weight is 389 g/mol. The van der Waals surface area contributed by atoms with Gasteiger partial charge in [-0.15, -0.1) is 0 Å². The van der Waals surface area contributed by atoms with Crippen LogP contribution in [0.2, 0.25) is 0 Å². The number of hydrogen-bond donors (Lipinski definition) is 0. The third-order valence-electron chi connectivity index (χ3n) is 10.3. The fourth-order valence-corrected chi connectivity index (χ4v) is 9.04. The molecule has 6 fully saturated rings. The summed E-state index contributed by atoms with van der Waals surface area (Å²) in [5.74, 6) is 1.90. The maximum Gasteiger partial charge on any atom is 0.302 e. The lowest BCUT2D eigenvalue weighted by Crippen LogP contribution is -2.60. The Morgan fingerprint density at radius 3 is 2.39 bits per heavy atom. The van der Waals surface area contributed by atoms with Crippen molar-refractivity contribution in [3.63, 3.8) is 0 Å². The second-order valence-corrected chi connectivity index (χ2v) is 11.1. The summed E-state index contributed by atoms with van der Waals surface area (Å²) < 4.78 is 18.1. The molecular formula is C23H32O5. The van der Waals surface area contributed by atoms with Gasteiger partial charge in [-0.1, -0.05) is 13.8 Å². The minimum absolute atomic E-state index is 0.00879. The summed E-state index contributed by atoms with van der Waals surface area (Å²) in [6.07, 6.45) is 7.73. The Kier molecular flexibility index (Phi) is 3.21. The first-order valence-electron chi connectivity index (χ1n) is 11.2. The summed E-state index contributed by atoms with van der Waals surface area (Å²) in [6, 6.07) is 0. The van der Waals surface area contributed by atoms with Crippen molar-refractivity contribution in [2.75, 3.05) is 0 Å². The molecule has 1 spiro atoms. The third kappa shape index (κ3) is 1.79. The van der Waals surface area contributed by atoms with E-state index in [0.29, 0.717) is 23.9 Å². The molecule has 4 aliphatic carbocycles. The third-order valence-corrected chi connectivity index (χ3v) is 10.3. The van der Waals surface area contributed by atoms with Gasteiger partial charge in [-0.2, -0.15) is 0 Å². The van der Waals surface area contributed by atoms with Crippen LogP contribution in [-0.4, -0.2) is 41.3 Å². The maximum absolute atomic E-state index is 12.5. The number of fused-ring (bicyclic) bond motifs is 6. The molecule has 6 aliphatic rings. The molecule has 5 heteroatoms. The lowest BCUT2D eigenvalue weighted by molar-refractivity contribution is -0.161. The Hall–Kier alpha value is -0.940. The lowest BCUT2D eigenvalue weighted by atomic mass is 9.44. The number of ether oxygens (including phenoxy) is 3. The van der Waals surface area contributed by atoms with Gasteiger partial charge in [0.25, 0.3) is 0 Å². The highest BCUT2D eigenvalue weighted by molar-refractivity contribution is 5.90. The van der Waals surface area contributed by atoms with E-state index in [2.05, 4.69) is 13.8 Å². The molecule has 2 heterocycles. The van der Waals surface area contributed by atoms with Crippen molar-refractivity contribution in [3.8, 4) is 0 Å². The van der Waals surface area contributed by atoms with Gasteiger partial charge < -0.3 is 14.2 Å². The minimum Gasteiger partial charge on any atom is -0.462 e. The Morgan fingerprint density at radius 2 is 1.68 bits per heavy atom. The van der Waals surface area contributed by atoms with E-state index in [9.17, 15) is 9.59 Å². The molecule has 4 saturated carbocycles. The van der Waals surface area contributed by atoms with Crippen LogP contribution in [0.3, 0.4) is 0 Å². The van der Waals surface area contributed by atoms with Crippen LogP contribution >= 0.6 is 0 Å². The van der Waals surface area contributed by atoms with Gasteiger partial charge in [-0.05, 0) is 63.2 Å². The number of epoxide rings is 2. The molecule has 28 heavy (non-hydrogen) atoms. The predicted octanol–water partition coefficient (Wildman–Crippen LogP) is 3.43. The minimum atomic E-state index is -0.491. The van der Waals surface area contributed by atoms with E-state index < -0.39 is 5.60 Å². The van der Waals surface area contributed by atoms with E-state index in [0.717, 1.165) is 44.9 Å². The van der Waals surface area contributed by atoms with Crippen molar-refractivity contribution in [2.45, 2.75) is 102 Å². The van der Waals surface area contributed by atoms with Crippen LogP contribution in [0.4, 0.5) is 0 Å². The fraction of sp³-hybridized carbons (Fsp3) is 0.913. The second-order valence-electron chi connectivity index (χ2n) is 11.1. The molecule has 0 amide bonds. The van der Waals surface area contributed by atoms with Crippen LogP contribution in [0.5, 0.6) is 0 Å². The van der Waals surface area contributed by atoms with E-state index >= 15 is 0 Å². The largest absolute Gasteiger partial charge is 0.462 e. The molecule has 2 saturated heterocycles. The molecule has 0 radical (unpaired) electrons. The Labute approximate surface area is 166 Å². The SMILES string of the molecule is CC(=O)O[C@H]1CC[C@]2(C)[C@H]3CC[C@@]4(C)[C@@H](C[C@@H]5O[C@@]54C(C)=O)[C@@H]3C[C@H]3O[C@@]32C1. The molecule has 2 aliphatic heterocycles. The zero-order chi connectivity index (χ0) is 19.7. The van der Waals surface area contributed by atoms with Gasteiger partial charge in [0.2, 0.25) is 0 Å². The number of hydrogen-bond acceptors (Lipinski definition) is 5. The zero-order valence-electron chi connectivity index (χ0n) is 17.5. The second kappa shape index (κ2) is 5.03. The zero-order valence-corrected chi connectivity index (χ0v) is 17.5.